The van der Waals surface area contributed by atoms with Crippen molar-refractivity contribution >= 4 is 22.6 Å². The van der Waals surface area contributed by atoms with Crippen molar-refractivity contribution < 1.29 is 0 Å². The third-order valence-corrected chi connectivity index (χ3v) is 5.07. The summed E-state index contributed by atoms with van der Waals surface area (Å²) in [6.45, 7) is 6.57. The monoisotopic (exact) mass is 304 g/mol. The van der Waals surface area contributed by atoms with E-state index < -0.39 is 0 Å². The molecule has 1 saturated carbocycles. The maximum absolute atomic E-state index is 6.44. The number of rotatable bonds is 2. The SMILES string of the molecule is Cc1ccc2nc(C(C)Cl)n(C3CCCCCC3C)c2c1. The molecule has 0 aliphatic heterocycles. The maximum Gasteiger partial charge on any atom is 0.127 e. The second-order valence-corrected chi connectivity index (χ2v) is 7.29. The molecule has 0 saturated heterocycles. The van der Waals surface area contributed by atoms with E-state index in [0.717, 1.165) is 11.3 Å². The second kappa shape index (κ2) is 6.00. The summed E-state index contributed by atoms with van der Waals surface area (Å²) in [6.07, 6.45) is 6.59. The van der Waals surface area contributed by atoms with Crippen molar-refractivity contribution in [2.24, 2.45) is 5.92 Å². The van der Waals surface area contributed by atoms with Gasteiger partial charge in [0.15, 0.2) is 0 Å². The number of halogens is 1. The molecule has 114 valence electrons. The van der Waals surface area contributed by atoms with E-state index in [2.05, 4.69) is 36.6 Å². The first-order chi connectivity index (χ1) is 10.1. The summed E-state index contributed by atoms with van der Waals surface area (Å²) in [5, 5.41) is -0.0480. The summed E-state index contributed by atoms with van der Waals surface area (Å²) in [4.78, 5) is 4.82. The minimum Gasteiger partial charge on any atom is -0.323 e. The summed E-state index contributed by atoms with van der Waals surface area (Å²) in [5.74, 6) is 1.73. The normalized spacial score (nSPS) is 25.0. The van der Waals surface area contributed by atoms with Crippen LogP contribution in [0.2, 0.25) is 0 Å². The van der Waals surface area contributed by atoms with Crippen LogP contribution in [0.15, 0.2) is 18.2 Å². The molecule has 0 radical (unpaired) electrons. The first-order valence-corrected chi connectivity index (χ1v) is 8.64. The molecule has 1 aromatic heterocycles. The first kappa shape index (κ1) is 14.9. The van der Waals surface area contributed by atoms with E-state index >= 15 is 0 Å². The number of alkyl halides is 1. The highest BCUT2D eigenvalue weighted by Crippen LogP contribution is 2.38. The summed E-state index contributed by atoms with van der Waals surface area (Å²) < 4.78 is 2.45. The number of imidazole rings is 1. The van der Waals surface area contributed by atoms with Gasteiger partial charge in [-0.05, 0) is 50.3 Å². The third-order valence-electron chi connectivity index (χ3n) is 4.88. The predicted octanol–water partition coefficient (Wildman–Crippen LogP) is 5.79. The number of nitrogens with zero attached hydrogens (tertiary/aromatic N) is 2. The Kier molecular flexibility index (Phi) is 4.26. The second-order valence-electron chi connectivity index (χ2n) is 6.63. The molecule has 1 heterocycles. The average Bonchev–Trinajstić information content (AvgIpc) is 2.68. The molecule has 1 aromatic carbocycles. The van der Waals surface area contributed by atoms with Crippen LogP contribution in [0.4, 0.5) is 0 Å². The summed E-state index contributed by atoms with van der Waals surface area (Å²) in [7, 11) is 0. The molecular weight excluding hydrogens is 280 g/mol. The maximum atomic E-state index is 6.44. The van der Waals surface area contributed by atoms with Crippen LogP contribution in [-0.4, -0.2) is 9.55 Å². The molecule has 3 unspecified atom stereocenters. The highest BCUT2D eigenvalue weighted by molar-refractivity contribution is 6.20. The molecule has 0 spiro atoms. The van der Waals surface area contributed by atoms with Gasteiger partial charge in [0, 0.05) is 6.04 Å². The van der Waals surface area contributed by atoms with Gasteiger partial charge < -0.3 is 4.57 Å². The van der Waals surface area contributed by atoms with Crippen LogP contribution in [0, 0.1) is 12.8 Å². The molecule has 2 aromatic rings. The highest BCUT2D eigenvalue weighted by Gasteiger charge is 2.27. The van der Waals surface area contributed by atoms with Gasteiger partial charge in [-0.1, -0.05) is 32.3 Å². The van der Waals surface area contributed by atoms with Gasteiger partial charge in [0.1, 0.15) is 5.82 Å². The van der Waals surface area contributed by atoms with Crippen molar-refractivity contribution in [3.05, 3.63) is 29.6 Å². The molecule has 0 amide bonds. The van der Waals surface area contributed by atoms with Gasteiger partial charge in [-0.25, -0.2) is 4.98 Å². The highest BCUT2D eigenvalue weighted by atomic mass is 35.5. The number of hydrogen-bond acceptors (Lipinski definition) is 1. The van der Waals surface area contributed by atoms with Gasteiger partial charge >= 0.3 is 0 Å². The standard InChI is InChI=1S/C18H25ClN2/c1-12-9-10-15-17(11-12)21(18(20-15)14(3)19)16-8-6-4-5-7-13(16)2/h9-11,13-14,16H,4-8H2,1-3H3. The van der Waals surface area contributed by atoms with Gasteiger partial charge in [0.25, 0.3) is 0 Å². The fourth-order valence-corrected chi connectivity index (χ4v) is 3.86. The van der Waals surface area contributed by atoms with E-state index in [9.17, 15) is 0 Å². The Hall–Kier alpha value is -1.02. The van der Waals surface area contributed by atoms with Crippen molar-refractivity contribution in [3.63, 3.8) is 0 Å². The Bertz CT molecular complexity index is 629. The first-order valence-electron chi connectivity index (χ1n) is 8.20. The van der Waals surface area contributed by atoms with Crippen LogP contribution in [0.1, 0.15) is 68.8 Å². The molecule has 0 bridgehead atoms. The fourth-order valence-electron chi connectivity index (χ4n) is 3.71. The molecular formula is C18H25ClN2. The van der Waals surface area contributed by atoms with Crippen LogP contribution in [0.3, 0.4) is 0 Å². The van der Waals surface area contributed by atoms with E-state index in [4.69, 9.17) is 16.6 Å². The predicted molar refractivity (Wildman–Crippen MR) is 90.0 cm³/mol. The molecule has 3 heteroatoms. The Morgan fingerprint density at radius 1 is 1.24 bits per heavy atom. The van der Waals surface area contributed by atoms with E-state index in [0.29, 0.717) is 12.0 Å². The van der Waals surface area contributed by atoms with Gasteiger partial charge in [0.05, 0.1) is 16.4 Å². The molecule has 1 aliphatic rings. The Balaban J connectivity index is 2.17. The summed E-state index contributed by atoms with van der Waals surface area (Å²) in [6, 6.07) is 7.07. The molecule has 3 rings (SSSR count). The summed E-state index contributed by atoms with van der Waals surface area (Å²) >= 11 is 6.44. The van der Waals surface area contributed by atoms with Crippen molar-refractivity contribution in [2.45, 2.75) is 64.3 Å². The number of aromatic nitrogens is 2. The lowest BCUT2D eigenvalue weighted by molar-refractivity contribution is 0.333. The van der Waals surface area contributed by atoms with Crippen LogP contribution < -0.4 is 0 Å². The Morgan fingerprint density at radius 3 is 2.76 bits per heavy atom. The lowest BCUT2D eigenvalue weighted by Crippen LogP contribution is -2.19. The fraction of sp³-hybridized carbons (Fsp3) is 0.611. The number of aryl methyl sites for hydroxylation is 1. The largest absolute Gasteiger partial charge is 0.323 e. The number of benzene rings is 1. The lowest BCUT2D eigenvalue weighted by Gasteiger charge is -2.26. The molecule has 21 heavy (non-hydrogen) atoms. The van der Waals surface area contributed by atoms with Crippen LogP contribution in [0.5, 0.6) is 0 Å². The molecule has 1 aliphatic carbocycles. The van der Waals surface area contributed by atoms with Crippen molar-refractivity contribution in [1.82, 2.24) is 9.55 Å². The Morgan fingerprint density at radius 2 is 2.00 bits per heavy atom. The number of hydrogen-bond donors (Lipinski definition) is 0. The zero-order valence-electron chi connectivity index (χ0n) is 13.3. The van der Waals surface area contributed by atoms with Crippen LogP contribution in [-0.2, 0) is 0 Å². The quantitative estimate of drug-likeness (QED) is 0.507. The van der Waals surface area contributed by atoms with Gasteiger partial charge in [0.2, 0.25) is 0 Å². The van der Waals surface area contributed by atoms with Gasteiger partial charge in [-0.2, -0.15) is 0 Å². The smallest absolute Gasteiger partial charge is 0.127 e. The van der Waals surface area contributed by atoms with E-state index in [1.807, 2.05) is 6.92 Å². The van der Waals surface area contributed by atoms with Crippen molar-refractivity contribution in [2.75, 3.05) is 0 Å². The van der Waals surface area contributed by atoms with Gasteiger partial charge in [-0.3, -0.25) is 0 Å². The zero-order valence-corrected chi connectivity index (χ0v) is 14.0. The minimum atomic E-state index is -0.0480. The topological polar surface area (TPSA) is 17.8 Å². The van der Waals surface area contributed by atoms with E-state index in [1.165, 1.54) is 43.2 Å². The van der Waals surface area contributed by atoms with E-state index in [-0.39, 0.29) is 5.38 Å². The zero-order chi connectivity index (χ0) is 15.0. The Labute approximate surface area is 132 Å². The van der Waals surface area contributed by atoms with Crippen molar-refractivity contribution in [3.8, 4) is 0 Å². The average molecular weight is 305 g/mol. The minimum absolute atomic E-state index is 0.0480. The molecule has 3 atom stereocenters. The molecule has 2 nitrogen and oxygen atoms in total. The van der Waals surface area contributed by atoms with Crippen LogP contribution in [0.25, 0.3) is 11.0 Å². The molecule has 0 N–H and O–H groups in total. The number of fused-ring (bicyclic) bond motifs is 1. The van der Waals surface area contributed by atoms with Crippen molar-refractivity contribution in [1.29, 1.82) is 0 Å². The lowest BCUT2D eigenvalue weighted by atomic mass is 9.96. The molecule has 1 fully saturated rings. The summed E-state index contributed by atoms with van der Waals surface area (Å²) in [5.41, 5.74) is 3.63. The van der Waals surface area contributed by atoms with Gasteiger partial charge in [-0.15, -0.1) is 11.6 Å². The van der Waals surface area contributed by atoms with Crippen LogP contribution >= 0.6 is 11.6 Å². The van der Waals surface area contributed by atoms with E-state index in [1.54, 1.807) is 0 Å². The third kappa shape index (κ3) is 2.83.